The Bertz CT molecular complexity index is 479. The van der Waals surface area contributed by atoms with Gasteiger partial charge in [0.15, 0.2) is 0 Å². The van der Waals surface area contributed by atoms with Crippen molar-refractivity contribution in [2.45, 2.75) is 23.9 Å². The summed E-state index contributed by atoms with van der Waals surface area (Å²) in [6.07, 6.45) is 1.23. The quantitative estimate of drug-likeness (QED) is 0.893. The molecule has 0 radical (unpaired) electrons. The molecule has 1 aliphatic rings. The molecule has 1 N–H and O–H groups in total. The fourth-order valence-electron chi connectivity index (χ4n) is 2.19. The van der Waals surface area contributed by atoms with Crippen LogP contribution in [0.5, 0.6) is 0 Å². The highest BCUT2D eigenvalue weighted by atomic mass is 32.2. The molecule has 1 unspecified atom stereocenters. The van der Waals surface area contributed by atoms with Crippen molar-refractivity contribution in [2.75, 3.05) is 5.75 Å². The summed E-state index contributed by atoms with van der Waals surface area (Å²) in [6, 6.07) is 11.5. The molecule has 0 saturated carbocycles. The predicted octanol–water partition coefficient (Wildman–Crippen LogP) is 4.07. The van der Waals surface area contributed by atoms with E-state index in [0.717, 1.165) is 6.54 Å². The molecule has 1 aromatic heterocycles. The topological polar surface area (TPSA) is 12.0 Å². The van der Waals surface area contributed by atoms with Crippen LogP contribution < -0.4 is 5.32 Å². The van der Waals surface area contributed by atoms with E-state index in [2.05, 4.69) is 46.4 Å². The SMILES string of the molecule is c1ccc2c(c1)SCCC2NCc1ccsc1. The molecule has 1 aromatic carbocycles. The average Bonchev–Trinajstić information content (AvgIpc) is 2.89. The molecule has 0 spiro atoms. The number of hydrogen-bond acceptors (Lipinski definition) is 3. The van der Waals surface area contributed by atoms with Gasteiger partial charge in [-0.1, -0.05) is 18.2 Å². The minimum atomic E-state index is 0.521. The van der Waals surface area contributed by atoms with E-state index in [0.29, 0.717) is 6.04 Å². The molecule has 0 aliphatic carbocycles. The molecule has 1 aliphatic heterocycles. The summed E-state index contributed by atoms with van der Waals surface area (Å²) < 4.78 is 0. The maximum Gasteiger partial charge on any atom is 0.0342 e. The van der Waals surface area contributed by atoms with Crippen LogP contribution in [0, 0.1) is 0 Å². The fraction of sp³-hybridized carbons (Fsp3) is 0.286. The standard InChI is InChI=1S/C14H15NS2/c1-2-4-14-12(3-1)13(6-8-17-14)15-9-11-5-7-16-10-11/h1-5,7,10,13,15H,6,8-9H2. The zero-order valence-electron chi connectivity index (χ0n) is 9.56. The van der Waals surface area contributed by atoms with Gasteiger partial charge < -0.3 is 5.32 Å². The lowest BCUT2D eigenvalue weighted by Crippen LogP contribution is -2.23. The first-order valence-corrected chi connectivity index (χ1v) is 7.82. The maximum atomic E-state index is 3.67. The van der Waals surface area contributed by atoms with Crippen LogP contribution in [0.25, 0.3) is 0 Å². The minimum Gasteiger partial charge on any atom is -0.306 e. The Balaban J connectivity index is 1.72. The first-order valence-electron chi connectivity index (χ1n) is 5.89. The van der Waals surface area contributed by atoms with Gasteiger partial charge in [-0.15, -0.1) is 11.8 Å². The minimum absolute atomic E-state index is 0.521. The van der Waals surface area contributed by atoms with Gasteiger partial charge in [-0.25, -0.2) is 0 Å². The van der Waals surface area contributed by atoms with Gasteiger partial charge in [0.05, 0.1) is 0 Å². The maximum absolute atomic E-state index is 3.67. The van der Waals surface area contributed by atoms with Crippen molar-refractivity contribution in [3.05, 3.63) is 52.2 Å². The van der Waals surface area contributed by atoms with Gasteiger partial charge in [0, 0.05) is 17.5 Å². The summed E-state index contributed by atoms with van der Waals surface area (Å²) in [4.78, 5) is 1.45. The van der Waals surface area contributed by atoms with Crippen molar-refractivity contribution in [1.82, 2.24) is 5.32 Å². The highest BCUT2D eigenvalue weighted by Gasteiger charge is 2.19. The van der Waals surface area contributed by atoms with E-state index in [4.69, 9.17) is 0 Å². The third-order valence-corrected chi connectivity index (χ3v) is 4.95. The Labute approximate surface area is 110 Å². The number of benzene rings is 1. The van der Waals surface area contributed by atoms with Gasteiger partial charge in [0.25, 0.3) is 0 Å². The van der Waals surface area contributed by atoms with Crippen molar-refractivity contribution < 1.29 is 0 Å². The van der Waals surface area contributed by atoms with Crippen LogP contribution in [0.2, 0.25) is 0 Å². The molecule has 0 amide bonds. The zero-order chi connectivity index (χ0) is 11.5. The molecular weight excluding hydrogens is 246 g/mol. The second-order valence-electron chi connectivity index (χ2n) is 4.24. The summed E-state index contributed by atoms with van der Waals surface area (Å²) >= 11 is 3.75. The third-order valence-electron chi connectivity index (χ3n) is 3.09. The number of fused-ring (bicyclic) bond motifs is 1. The normalized spacial score (nSPS) is 18.9. The first-order chi connectivity index (χ1) is 8.43. The summed E-state index contributed by atoms with van der Waals surface area (Å²) in [5.41, 5.74) is 2.87. The number of rotatable bonds is 3. The van der Waals surface area contributed by atoms with Crippen molar-refractivity contribution in [2.24, 2.45) is 0 Å². The van der Waals surface area contributed by atoms with Gasteiger partial charge in [-0.2, -0.15) is 11.3 Å². The zero-order valence-corrected chi connectivity index (χ0v) is 11.2. The van der Waals surface area contributed by atoms with Crippen molar-refractivity contribution in [1.29, 1.82) is 0 Å². The van der Waals surface area contributed by atoms with Crippen LogP contribution in [-0.2, 0) is 6.54 Å². The van der Waals surface area contributed by atoms with E-state index in [1.54, 1.807) is 11.3 Å². The molecule has 2 aromatic rings. The molecule has 17 heavy (non-hydrogen) atoms. The van der Waals surface area contributed by atoms with Crippen LogP contribution in [0.4, 0.5) is 0 Å². The van der Waals surface area contributed by atoms with Gasteiger partial charge in [0.2, 0.25) is 0 Å². The van der Waals surface area contributed by atoms with Crippen LogP contribution in [0.1, 0.15) is 23.6 Å². The lowest BCUT2D eigenvalue weighted by Gasteiger charge is -2.25. The predicted molar refractivity (Wildman–Crippen MR) is 75.7 cm³/mol. The molecule has 3 heteroatoms. The van der Waals surface area contributed by atoms with Gasteiger partial charge in [-0.3, -0.25) is 0 Å². The fourth-order valence-corrected chi connectivity index (χ4v) is 3.98. The molecule has 0 saturated heterocycles. The molecular formula is C14H15NS2. The van der Waals surface area contributed by atoms with Crippen LogP contribution in [0.3, 0.4) is 0 Å². The van der Waals surface area contributed by atoms with Crippen molar-refractivity contribution in [3.8, 4) is 0 Å². The molecule has 88 valence electrons. The third kappa shape index (κ3) is 2.57. The lowest BCUT2D eigenvalue weighted by molar-refractivity contribution is 0.510. The van der Waals surface area contributed by atoms with Crippen LogP contribution >= 0.6 is 23.1 Å². The number of thiophene rings is 1. The second kappa shape index (κ2) is 5.25. The highest BCUT2D eigenvalue weighted by molar-refractivity contribution is 7.99. The Kier molecular flexibility index (Phi) is 3.50. The van der Waals surface area contributed by atoms with Crippen LogP contribution in [-0.4, -0.2) is 5.75 Å². The summed E-state index contributed by atoms with van der Waals surface area (Å²) in [5, 5.41) is 8.03. The molecule has 0 bridgehead atoms. The largest absolute Gasteiger partial charge is 0.306 e. The summed E-state index contributed by atoms with van der Waals surface area (Å²) in [5.74, 6) is 1.22. The number of hydrogen-bond donors (Lipinski definition) is 1. The molecule has 1 atom stereocenters. The molecule has 3 rings (SSSR count). The Morgan fingerprint density at radius 1 is 1.24 bits per heavy atom. The van der Waals surface area contributed by atoms with Crippen molar-refractivity contribution in [3.63, 3.8) is 0 Å². The van der Waals surface area contributed by atoms with Crippen molar-refractivity contribution >= 4 is 23.1 Å². The molecule has 2 heterocycles. The molecule has 1 nitrogen and oxygen atoms in total. The molecule has 0 fully saturated rings. The van der Waals surface area contributed by atoms with Crippen LogP contribution in [0.15, 0.2) is 46.0 Å². The van der Waals surface area contributed by atoms with Gasteiger partial charge in [-0.05, 0) is 46.2 Å². The highest BCUT2D eigenvalue weighted by Crippen LogP contribution is 2.35. The number of nitrogens with one attached hydrogen (secondary N) is 1. The van der Waals surface area contributed by atoms with Gasteiger partial charge in [0.1, 0.15) is 0 Å². The van der Waals surface area contributed by atoms with E-state index < -0.39 is 0 Å². The summed E-state index contributed by atoms with van der Waals surface area (Å²) in [6.45, 7) is 0.979. The lowest BCUT2D eigenvalue weighted by atomic mass is 10.0. The second-order valence-corrected chi connectivity index (χ2v) is 6.16. The first kappa shape index (κ1) is 11.3. The number of thioether (sulfide) groups is 1. The van der Waals surface area contributed by atoms with E-state index >= 15 is 0 Å². The Hall–Kier alpha value is -0.770. The van der Waals surface area contributed by atoms with E-state index in [9.17, 15) is 0 Å². The van der Waals surface area contributed by atoms with E-state index in [1.807, 2.05) is 11.8 Å². The Morgan fingerprint density at radius 2 is 2.18 bits per heavy atom. The Morgan fingerprint density at radius 3 is 3.06 bits per heavy atom. The van der Waals surface area contributed by atoms with E-state index in [-0.39, 0.29) is 0 Å². The van der Waals surface area contributed by atoms with Gasteiger partial charge >= 0.3 is 0 Å². The van der Waals surface area contributed by atoms with E-state index in [1.165, 1.54) is 28.2 Å². The monoisotopic (exact) mass is 261 g/mol. The average molecular weight is 261 g/mol. The smallest absolute Gasteiger partial charge is 0.0342 e. The summed E-state index contributed by atoms with van der Waals surface area (Å²) in [7, 11) is 0.